The Hall–Kier alpha value is -1.24. The van der Waals surface area contributed by atoms with Crippen LogP contribution in [0.4, 0.5) is 0 Å². The first-order chi connectivity index (χ1) is 9.74. The zero-order chi connectivity index (χ0) is 13.9. The predicted octanol–water partition coefficient (Wildman–Crippen LogP) is 2.77. The SMILES string of the molecule is CC1OCCC1NCc1nnc(-c2ccccc2Br)o1. The molecule has 2 unspecified atom stereocenters. The average molecular weight is 338 g/mol. The number of nitrogens with zero attached hydrogens (tertiary/aromatic N) is 2. The van der Waals surface area contributed by atoms with Crippen LogP contribution in [0.25, 0.3) is 11.5 Å². The number of ether oxygens (including phenoxy) is 1. The van der Waals surface area contributed by atoms with Crippen molar-refractivity contribution in [2.45, 2.75) is 32.0 Å². The Balaban J connectivity index is 1.67. The van der Waals surface area contributed by atoms with Crippen LogP contribution in [0.2, 0.25) is 0 Å². The fourth-order valence-electron chi connectivity index (χ4n) is 2.29. The fourth-order valence-corrected chi connectivity index (χ4v) is 2.74. The molecule has 1 aliphatic heterocycles. The van der Waals surface area contributed by atoms with E-state index >= 15 is 0 Å². The second-order valence-corrected chi connectivity index (χ2v) is 5.69. The Labute approximate surface area is 125 Å². The Kier molecular flexibility index (Phi) is 4.14. The van der Waals surface area contributed by atoms with Gasteiger partial charge in [-0.15, -0.1) is 10.2 Å². The van der Waals surface area contributed by atoms with Crippen molar-refractivity contribution in [3.63, 3.8) is 0 Å². The summed E-state index contributed by atoms with van der Waals surface area (Å²) in [5.41, 5.74) is 0.906. The number of benzene rings is 1. The van der Waals surface area contributed by atoms with E-state index in [9.17, 15) is 0 Å². The van der Waals surface area contributed by atoms with Crippen molar-refractivity contribution < 1.29 is 9.15 Å². The van der Waals surface area contributed by atoms with E-state index in [1.165, 1.54) is 0 Å². The third kappa shape index (κ3) is 2.92. The van der Waals surface area contributed by atoms with Crippen LogP contribution in [-0.2, 0) is 11.3 Å². The first-order valence-electron chi connectivity index (χ1n) is 6.66. The molecule has 3 rings (SSSR count). The van der Waals surface area contributed by atoms with E-state index in [1.54, 1.807) is 0 Å². The molecule has 0 aliphatic carbocycles. The first kappa shape index (κ1) is 13.7. The maximum Gasteiger partial charge on any atom is 0.248 e. The molecule has 1 aromatic heterocycles. The van der Waals surface area contributed by atoms with Crippen molar-refractivity contribution in [3.05, 3.63) is 34.6 Å². The zero-order valence-electron chi connectivity index (χ0n) is 11.2. The van der Waals surface area contributed by atoms with Crippen molar-refractivity contribution in [1.29, 1.82) is 0 Å². The summed E-state index contributed by atoms with van der Waals surface area (Å²) in [6.45, 7) is 3.45. The number of rotatable bonds is 4. The molecule has 1 N–H and O–H groups in total. The van der Waals surface area contributed by atoms with Gasteiger partial charge < -0.3 is 14.5 Å². The Bertz CT molecular complexity index is 587. The lowest BCUT2D eigenvalue weighted by molar-refractivity contribution is 0.112. The van der Waals surface area contributed by atoms with Gasteiger partial charge in [0, 0.05) is 17.1 Å². The minimum absolute atomic E-state index is 0.237. The summed E-state index contributed by atoms with van der Waals surface area (Å²) in [4.78, 5) is 0. The Morgan fingerprint density at radius 1 is 1.35 bits per heavy atom. The molecule has 20 heavy (non-hydrogen) atoms. The van der Waals surface area contributed by atoms with E-state index in [1.807, 2.05) is 24.3 Å². The Morgan fingerprint density at radius 2 is 2.20 bits per heavy atom. The van der Waals surface area contributed by atoms with Gasteiger partial charge in [-0.1, -0.05) is 12.1 Å². The molecule has 0 spiro atoms. The largest absolute Gasteiger partial charge is 0.419 e. The normalized spacial score (nSPS) is 22.3. The maximum absolute atomic E-state index is 5.69. The van der Waals surface area contributed by atoms with E-state index in [0.717, 1.165) is 23.1 Å². The molecule has 106 valence electrons. The summed E-state index contributed by atoms with van der Waals surface area (Å²) in [5.74, 6) is 1.12. The summed E-state index contributed by atoms with van der Waals surface area (Å²) in [6, 6.07) is 8.15. The molecule has 1 saturated heterocycles. The number of hydrogen-bond acceptors (Lipinski definition) is 5. The lowest BCUT2D eigenvalue weighted by Gasteiger charge is -2.14. The van der Waals surface area contributed by atoms with E-state index in [0.29, 0.717) is 24.4 Å². The highest BCUT2D eigenvalue weighted by Gasteiger charge is 2.24. The minimum atomic E-state index is 0.237. The summed E-state index contributed by atoms with van der Waals surface area (Å²) >= 11 is 3.48. The molecule has 2 aromatic rings. The van der Waals surface area contributed by atoms with Crippen LogP contribution in [-0.4, -0.2) is 29.0 Å². The molecule has 0 amide bonds. The zero-order valence-corrected chi connectivity index (χ0v) is 12.8. The van der Waals surface area contributed by atoms with Crippen molar-refractivity contribution in [2.75, 3.05) is 6.61 Å². The van der Waals surface area contributed by atoms with Crippen LogP contribution in [0.3, 0.4) is 0 Å². The molecular formula is C14H16BrN3O2. The van der Waals surface area contributed by atoms with Gasteiger partial charge in [-0.25, -0.2) is 0 Å². The van der Waals surface area contributed by atoms with Crippen LogP contribution in [0.5, 0.6) is 0 Å². The lowest BCUT2D eigenvalue weighted by Crippen LogP contribution is -2.34. The van der Waals surface area contributed by atoms with Gasteiger partial charge in [0.05, 0.1) is 18.2 Å². The quantitative estimate of drug-likeness (QED) is 0.929. The molecule has 0 saturated carbocycles. The van der Waals surface area contributed by atoms with Gasteiger partial charge in [-0.3, -0.25) is 0 Å². The molecule has 1 aromatic carbocycles. The second kappa shape index (κ2) is 6.03. The summed E-state index contributed by atoms with van der Waals surface area (Å²) < 4.78 is 12.1. The monoisotopic (exact) mass is 337 g/mol. The van der Waals surface area contributed by atoms with E-state index in [2.05, 4.69) is 38.4 Å². The second-order valence-electron chi connectivity index (χ2n) is 4.83. The molecule has 2 atom stereocenters. The highest BCUT2D eigenvalue weighted by molar-refractivity contribution is 9.10. The number of aromatic nitrogens is 2. The molecule has 0 bridgehead atoms. The fraction of sp³-hybridized carbons (Fsp3) is 0.429. The summed E-state index contributed by atoms with van der Waals surface area (Å²) in [5, 5.41) is 11.6. The number of halogens is 1. The van der Waals surface area contributed by atoms with Gasteiger partial charge in [0.25, 0.3) is 0 Å². The van der Waals surface area contributed by atoms with Crippen molar-refractivity contribution in [1.82, 2.24) is 15.5 Å². The average Bonchev–Trinajstić information content (AvgIpc) is 3.06. The van der Waals surface area contributed by atoms with E-state index in [-0.39, 0.29) is 6.10 Å². The van der Waals surface area contributed by atoms with Crippen LogP contribution >= 0.6 is 15.9 Å². The van der Waals surface area contributed by atoms with Crippen LogP contribution in [0.1, 0.15) is 19.2 Å². The van der Waals surface area contributed by atoms with Gasteiger partial charge in [0.1, 0.15) is 0 Å². The van der Waals surface area contributed by atoms with E-state index in [4.69, 9.17) is 9.15 Å². The third-order valence-corrected chi connectivity index (χ3v) is 4.15. The number of nitrogens with one attached hydrogen (secondary N) is 1. The topological polar surface area (TPSA) is 60.2 Å². The minimum Gasteiger partial charge on any atom is -0.419 e. The van der Waals surface area contributed by atoms with Gasteiger partial charge in [-0.05, 0) is 41.4 Å². The lowest BCUT2D eigenvalue weighted by atomic mass is 10.1. The molecule has 0 radical (unpaired) electrons. The molecule has 1 fully saturated rings. The van der Waals surface area contributed by atoms with Crippen LogP contribution in [0.15, 0.2) is 33.2 Å². The van der Waals surface area contributed by atoms with Gasteiger partial charge in [0.15, 0.2) is 0 Å². The molecule has 6 heteroatoms. The highest BCUT2D eigenvalue weighted by atomic mass is 79.9. The molecule has 5 nitrogen and oxygen atoms in total. The standard InChI is InChI=1S/C14H16BrN3O2/c1-9-12(6-7-19-9)16-8-13-17-18-14(20-13)10-4-2-3-5-11(10)15/h2-5,9,12,16H,6-8H2,1H3. The predicted molar refractivity (Wildman–Crippen MR) is 78.1 cm³/mol. The van der Waals surface area contributed by atoms with Gasteiger partial charge in [0.2, 0.25) is 11.8 Å². The molecule has 1 aliphatic rings. The highest BCUT2D eigenvalue weighted by Crippen LogP contribution is 2.26. The smallest absolute Gasteiger partial charge is 0.248 e. The van der Waals surface area contributed by atoms with Gasteiger partial charge in [-0.2, -0.15) is 0 Å². The van der Waals surface area contributed by atoms with Gasteiger partial charge >= 0.3 is 0 Å². The number of hydrogen-bond donors (Lipinski definition) is 1. The van der Waals surface area contributed by atoms with Crippen LogP contribution in [0, 0.1) is 0 Å². The first-order valence-corrected chi connectivity index (χ1v) is 7.45. The summed E-state index contributed by atoms with van der Waals surface area (Å²) in [6.07, 6.45) is 1.26. The molecular weight excluding hydrogens is 322 g/mol. The van der Waals surface area contributed by atoms with Crippen molar-refractivity contribution in [2.24, 2.45) is 0 Å². The Morgan fingerprint density at radius 3 is 2.95 bits per heavy atom. The summed E-state index contributed by atoms with van der Waals surface area (Å²) in [7, 11) is 0. The van der Waals surface area contributed by atoms with Crippen molar-refractivity contribution in [3.8, 4) is 11.5 Å². The molecule has 2 heterocycles. The maximum atomic E-state index is 5.69. The third-order valence-electron chi connectivity index (χ3n) is 3.46. The van der Waals surface area contributed by atoms with Crippen molar-refractivity contribution >= 4 is 15.9 Å². The van der Waals surface area contributed by atoms with Crippen LogP contribution < -0.4 is 5.32 Å². The van der Waals surface area contributed by atoms with E-state index < -0.39 is 0 Å².